The number of fused-ring (bicyclic) bond motifs is 2. The van der Waals surface area contributed by atoms with Crippen LogP contribution in [0.2, 0.25) is 0 Å². The molecule has 11 heteroatoms. The number of pyridine rings is 1. The van der Waals surface area contributed by atoms with Crippen LogP contribution in [0.5, 0.6) is 5.88 Å². The quantitative estimate of drug-likeness (QED) is 0.610. The number of nitrogens with one attached hydrogen (secondary N) is 1. The van der Waals surface area contributed by atoms with Gasteiger partial charge in [0, 0.05) is 24.7 Å². The second-order valence-electron chi connectivity index (χ2n) is 7.85. The second-order valence-corrected chi connectivity index (χ2v) is 9.61. The highest BCUT2D eigenvalue weighted by molar-refractivity contribution is 7.91. The number of nitrogens with two attached hydrogens (primary N) is 1. The summed E-state index contributed by atoms with van der Waals surface area (Å²) in [6.45, 7) is 1.07. The monoisotopic (exact) mass is 463 g/mol. The molecule has 1 aliphatic heterocycles. The lowest BCUT2D eigenvalue weighted by molar-refractivity contribution is 0.224. The highest BCUT2D eigenvalue weighted by atomic mass is 32.2. The molecule has 0 saturated carbocycles. The molecule has 3 heterocycles. The van der Waals surface area contributed by atoms with E-state index in [-0.39, 0.29) is 16.5 Å². The molecule has 0 bridgehead atoms. The topological polar surface area (TPSA) is 148 Å². The van der Waals surface area contributed by atoms with Gasteiger partial charge in [0.15, 0.2) is 9.92 Å². The maximum Gasteiger partial charge on any atom is 0.354 e. The van der Waals surface area contributed by atoms with Gasteiger partial charge in [-0.15, -0.1) is 4.36 Å². The molecule has 168 valence electrons. The Morgan fingerprint density at radius 2 is 2.18 bits per heavy atom. The van der Waals surface area contributed by atoms with Crippen LogP contribution in [0, 0.1) is 11.3 Å². The predicted octanol–water partition coefficient (Wildman–Crippen LogP) is 3.02. The number of carbonyl (C=O) groups excluding carboxylic acids is 1. The van der Waals surface area contributed by atoms with Gasteiger partial charge in [0.25, 0.3) is 0 Å². The maximum atomic E-state index is 13.2. The van der Waals surface area contributed by atoms with E-state index in [0.717, 1.165) is 47.9 Å². The molecule has 1 aromatic carbocycles. The van der Waals surface area contributed by atoms with Gasteiger partial charge >= 0.3 is 6.03 Å². The Hall–Kier alpha value is -3.75. The Morgan fingerprint density at radius 1 is 1.30 bits per heavy atom. The van der Waals surface area contributed by atoms with Crippen LogP contribution in [0.25, 0.3) is 11.1 Å². The van der Waals surface area contributed by atoms with Crippen molar-refractivity contribution < 1.29 is 13.7 Å². The van der Waals surface area contributed by atoms with Gasteiger partial charge in [-0.2, -0.15) is 10.4 Å². The summed E-state index contributed by atoms with van der Waals surface area (Å²) in [5, 5.41) is 22.2. The number of nitriles is 1. The zero-order chi connectivity index (χ0) is 23.0. The number of anilines is 1. The molecular weight excluding hydrogens is 442 g/mol. The van der Waals surface area contributed by atoms with Crippen LogP contribution in [0.1, 0.15) is 29.7 Å². The molecule has 2 aromatic heterocycles. The predicted molar refractivity (Wildman–Crippen MR) is 121 cm³/mol. The molecule has 5 rings (SSSR count). The molecule has 0 saturated heterocycles. The fourth-order valence-corrected chi connectivity index (χ4v) is 5.26. The molecule has 0 fully saturated rings. The van der Waals surface area contributed by atoms with Gasteiger partial charge < -0.3 is 10.1 Å². The minimum Gasteiger partial charge on any atom is -0.477 e. The Balaban J connectivity index is 1.53. The first-order valence-corrected chi connectivity index (χ1v) is 12.1. The van der Waals surface area contributed by atoms with E-state index in [4.69, 9.17) is 9.88 Å². The summed E-state index contributed by atoms with van der Waals surface area (Å²) in [7, 11) is -3.58. The molecule has 2 amide bonds. The number of ether oxygens (including phenoxy) is 1. The largest absolute Gasteiger partial charge is 0.477 e. The molecule has 0 spiro atoms. The van der Waals surface area contributed by atoms with Gasteiger partial charge in [0.1, 0.15) is 16.7 Å². The van der Waals surface area contributed by atoms with E-state index in [0.29, 0.717) is 18.8 Å². The number of amides is 2. The first-order chi connectivity index (χ1) is 16.0. The van der Waals surface area contributed by atoms with E-state index in [9.17, 15) is 14.3 Å². The third-order valence-electron chi connectivity index (χ3n) is 5.75. The van der Waals surface area contributed by atoms with Crippen molar-refractivity contribution in [2.75, 3.05) is 11.9 Å². The average Bonchev–Trinajstić information content (AvgIpc) is 3.46. The van der Waals surface area contributed by atoms with E-state index in [1.807, 2.05) is 18.2 Å². The Kier molecular flexibility index (Phi) is 5.32. The van der Waals surface area contributed by atoms with Crippen LogP contribution < -0.4 is 15.2 Å². The van der Waals surface area contributed by atoms with E-state index >= 15 is 0 Å². The molecular formula is C22H21N7O3S. The molecule has 1 atom stereocenters. The van der Waals surface area contributed by atoms with E-state index in [1.165, 1.54) is 6.20 Å². The summed E-state index contributed by atoms with van der Waals surface area (Å²) >= 11 is 0. The van der Waals surface area contributed by atoms with Gasteiger partial charge in [-0.3, -0.25) is 0 Å². The van der Waals surface area contributed by atoms with E-state index in [2.05, 4.69) is 19.8 Å². The molecule has 33 heavy (non-hydrogen) atoms. The molecule has 1 unspecified atom stereocenters. The molecule has 3 aromatic rings. The van der Waals surface area contributed by atoms with Gasteiger partial charge in [0.2, 0.25) is 5.88 Å². The standard InChI is InChI=1S/C22H21N7O3S/c23-12-16-11-15(7-8-25-16)18-6-5-14-3-1-4-17(14)20(18)27-22(30)28-33(24,31)19-13-26-29-9-2-10-32-21(19)29/h5-8,11,13H,1-4,9-10H2,(H3,24,27,28,30,31). The normalized spacial score (nSPS) is 16.0. The van der Waals surface area contributed by atoms with E-state index in [1.54, 1.807) is 23.0 Å². The number of aromatic nitrogens is 3. The maximum absolute atomic E-state index is 13.2. The first kappa shape index (κ1) is 21.1. The summed E-state index contributed by atoms with van der Waals surface area (Å²) in [4.78, 5) is 17.0. The van der Waals surface area contributed by atoms with Crippen LogP contribution in [0.3, 0.4) is 0 Å². The minimum absolute atomic E-state index is 0.101. The highest BCUT2D eigenvalue weighted by Crippen LogP contribution is 2.38. The van der Waals surface area contributed by atoms with Gasteiger partial charge in [-0.1, -0.05) is 12.1 Å². The third kappa shape index (κ3) is 3.94. The summed E-state index contributed by atoms with van der Waals surface area (Å²) in [6.07, 6.45) is 6.33. The van der Waals surface area contributed by atoms with Gasteiger partial charge in [0.05, 0.1) is 18.5 Å². The lowest BCUT2D eigenvalue weighted by Gasteiger charge is -2.17. The summed E-state index contributed by atoms with van der Waals surface area (Å²) in [6, 6.07) is 8.56. The lowest BCUT2D eigenvalue weighted by atomic mass is 9.97. The molecule has 1 aliphatic carbocycles. The smallest absolute Gasteiger partial charge is 0.354 e. The number of aryl methyl sites for hydroxylation is 2. The van der Waals surface area contributed by atoms with Crippen molar-refractivity contribution >= 4 is 21.6 Å². The number of carbonyl (C=O) groups is 1. The van der Waals surface area contributed by atoms with Crippen molar-refractivity contribution in [1.82, 2.24) is 14.8 Å². The van der Waals surface area contributed by atoms with Crippen LogP contribution in [-0.4, -0.2) is 31.6 Å². The average molecular weight is 464 g/mol. The second kappa shape index (κ2) is 8.31. The highest BCUT2D eigenvalue weighted by Gasteiger charge is 2.25. The summed E-state index contributed by atoms with van der Waals surface area (Å²) in [5.74, 6) is 0.285. The third-order valence-corrected chi connectivity index (χ3v) is 7.09. The molecule has 0 radical (unpaired) electrons. The Morgan fingerprint density at radius 3 is 3.03 bits per heavy atom. The lowest BCUT2D eigenvalue weighted by Crippen LogP contribution is -2.21. The number of hydrogen-bond donors (Lipinski definition) is 2. The number of rotatable bonds is 3. The van der Waals surface area contributed by atoms with Crippen molar-refractivity contribution in [3.63, 3.8) is 0 Å². The fraction of sp³-hybridized carbons (Fsp3) is 0.273. The van der Waals surface area contributed by atoms with E-state index < -0.39 is 15.9 Å². The van der Waals surface area contributed by atoms with Crippen molar-refractivity contribution in [3.05, 3.63) is 53.5 Å². The van der Waals surface area contributed by atoms with Crippen molar-refractivity contribution in [2.45, 2.75) is 37.1 Å². The minimum atomic E-state index is -3.58. The molecule has 10 nitrogen and oxygen atoms in total. The SMILES string of the molecule is N#Cc1cc(-c2ccc3c(c2NC(=O)N=S(N)(=O)c2cnn4c2OCCC4)CCC3)ccn1. The van der Waals surface area contributed by atoms with Crippen LogP contribution in [0.4, 0.5) is 10.5 Å². The zero-order valence-electron chi connectivity index (χ0n) is 17.7. The van der Waals surface area contributed by atoms with Crippen molar-refractivity contribution in [1.29, 1.82) is 5.26 Å². The van der Waals surface area contributed by atoms with Crippen LogP contribution in [-0.2, 0) is 29.3 Å². The zero-order valence-corrected chi connectivity index (χ0v) is 18.5. The first-order valence-electron chi connectivity index (χ1n) is 10.5. The molecule has 3 N–H and O–H groups in total. The van der Waals surface area contributed by atoms with Crippen LogP contribution in [0.15, 0.2) is 45.9 Å². The van der Waals surface area contributed by atoms with Crippen molar-refractivity contribution in [2.24, 2.45) is 9.50 Å². The van der Waals surface area contributed by atoms with Crippen LogP contribution >= 0.6 is 0 Å². The van der Waals surface area contributed by atoms with Gasteiger partial charge in [-0.05, 0) is 48.1 Å². The Labute approximate surface area is 190 Å². The van der Waals surface area contributed by atoms with Crippen molar-refractivity contribution in [3.8, 4) is 23.1 Å². The summed E-state index contributed by atoms with van der Waals surface area (Å²) < 4.78 is 24.1. The fourth-order valence-electron chi connectivity index (χ4n) is 4.26. The number of nitrogens with zero attached hydrogens (tertiary/aromatic N) is 5. The Bertz CT molecular complexity index is 1430. The number of benzene rings is 1. The van der Waals surface area contributed by atoms with Gasteiger partial charge in [-0.25, -0.2) is 23.8 Å². The number of hydrogen-bond acceptors (Lipinski definition) is 6. The molecule has 2 aliphatic rings. The summed E-state index contributed by atoms with van der Waals surface area (Å²) in [5.41, 5.74) is 4.45. The number of urea groups is 1.